The number of fused-ring (bicyclic) bond motifs is 3. The van der Waals surface area contributed by atoms with Crippen molar-refractivity contribution in [2.75, 3.05) is 11.6 Å². The van der Waals surface area contributed by atoms with Gasteiger partial charge in [-0.1, -0.05) is 72.4 Å². The third kappa shape index (κ3) is 4.38. The largest absolute Gasteiger partial charge is 0.448 e. The first-order valence-electron chi connectivity index (χ1n) is 9.88. The van der Waals surface area contributed by atoms with E-state index in [-0.39, 0.29) is 6.23 Å². The fourth-order valence-corrected chi connectivity index (χ4v) is 4.50. The summed E-state index contributed by atoms with van der Waals surface area (Å²) in [6.07, 6.45) is 1.70. The van der Waals surface area contributed by atoms with Gasteiger partial charge in [-0.2, -0.15) is 4.98 Å². The molecule has 154 valence electrons. The Morgan fingerprint density at radius 3 is 2.48 bits per heavy atom. The number of benzene rings is 3. The van der Waals surface area contributed by atoms with Crippen LogP contribution in [0.5, 0.6) is 5.88 Å². The molecule has 0 aliphatic carbocycles. The Morgan fingerprint density at radius 1 is 0.903 bits per heavy atom. The maximum atomic E-state index is 6.35. The number of nitrogens with one attached hydrogen (secondary N) is 1. The molecule has 1 aromatic heterocycles. The van der Waals surface area contributed by atoms with E-state index in [0.29, 0.717) is 16.7 Å². The van der Waals surface area contributed by atoms with E-state index < -0.39 is 0 Å². The lowest BCUT2D eigenvalue weighted by Crippen LogP contribution is -2.17. The fraction of sp³-hybridized carbons (Fsp3) is 0.125. The molecule has 0 saturated heterocycles. The van der Waals surface area contributed by atoms with Crippen LogP contribution in [0, 0.1) is 0 Å². The summed E-state index contributed by atoms with van der Waals surface area (Å²) in [6, 6.07) is 26.6. The zero-order chi connectivity index (χ0) is 21.0. The standard InChI is InChI=1S/C24H20N4OS2/c1-30-18-13-11-17(12-14-18)22-25-20-10-6-5-9-19(20)21-23(29-22)26-24(28-27-21)31-15-16-7-3-2-4-8-16/h2-14,22,25H,15H2,1H3. The second kappa shape index (κ2) is 8.99. The van der Waals surface area contributed by atoms with Gasteiger partial charge in [-0.05, 0) is 30.0 Å². The Labute approximate surface area is 189 Å². The summed E-state index contributed by atoms with van der Waals surface area (Å²) >= 11 is 3.26. The van der Waals surface area contributed by atoms with Gasteiger partial charge in [0.15, 0.2) is 11.9 Å². The lowest BCUT2D eigenvalue weighted by atomic mass is 10.1. The zero-order valence-corrected chi connectivity index (χ0v) is 18.5. The third-order valence-corrected chi connectivity index (χ3v) is 6.62. The van der Waals surface area contributed by atoms with E-state index in [0.717, 1.165) is 22.6 Å². The van der Waals surface area contributed by atoms with Gasteiger partial charge in [-0.3, -0.25) is 0 Å². The molecular formula is C24H20N4OS2. The summed E-state index contributed by atoms with van der Waals surface area (Å²) in [5.41, 5.74) is 4.76. The minimum absolute atomic E-state index is 0.373. The molecule has 1 atom stereocenters. The highest BCUT2D eigenvalue weighted by Gasteiger charge is 2.26. The average Bonchev–Trinajstić information content (AvgIpc) is 3.00. The smallest absolute Gasteiger partial charge is 0.247 e. The minimum atomic E-state index is -0.373. The molecule has 7 heteroatoms. The van der Waals surface area contributed by atoms with Crippen molar-refractivity contribution in [3.05, 3.63) is 90.0 Å². The number of hydrogen-bond donors (Lipinski definition) is 1. The number of aromatic nitrogens is 3. The number of anilines is 1. The first-order chi connectivity index (χ1) is 15.3. The highest BCUT2D eigenvalue weighted by Crippen LogP contribution is 2.39. The second-order valence-electron chi connectivity index (χ2n) is 6.98. The summed E-state index contributed by atoms with van der Waals surface area (Å²) in [5.74, 6) is 1.26. The fourth-order valence-electron chi connectivity index (χ4n) is 3.36. The van der Waals surface area contributed by atoms with Crippen molar-refractivity contribution >= 4 is 29.2 Å². The van der Waals surface area contributed by atoms with Gasteiger partial charge >= 0.3 is 0 Å². The van der Waals surface area contributed by atoms with E-state index in [1.807, 2.05) is 42.5 Å². The van der Waals surface area contributed by atoms with Crippen LogP contribution in [0.15, 0.2) is 88.9 Å². The first kappa shape index (κ1) is 19.9. The average molecular weight is 445 g/mol. The van der Waals surface area contributed by atoms with Crippen molar-refractivity contribution in [1.82, 2.24) is 15.2 Å². The third-order valence-electron chi connectivity index (χ3n) is 4.96. The van der Waals surface area contributed by atoms with Gasteiger partial charge < -0.3 is 10.1 Å². The molecule has 0 spiro atoms. The SMILES string of the molecule is CSc1ccc(C2Nc3ccccc3-c3nnc(SCc4ccccc4)nc3O2)cc1. The van der Waals surface area contributed by atoms with E-state index in [1.54, 1.807) is 23.5 Å². The Morgan fingerprint density at radius 2 is 1.68 bits per heavy atom. The molecule has 0 bridgehead atoms. The lowest BCUT2D eigenvalue weighted by Gasteiger charge is -2.19. The van der Waals surface area contributed by atoms with Crippen molar-refractivity contribution < 1.29 is 4.74 Å². The normalized spacial score (nSPS) is 14.5. The van der Waals surface area contributed by atoms with Crippen LogP contribution in [0.25, 0.3) is 11.3 Å². The number of ether oxygens (including phenoxy) is 1. The number of para-hydroxylation sites is 1. The molecule has 0 radical (unpaired) electrons. The number of thioether (sulfide) groups is 2. The van der Waals surface area contributed by atoms with E-state index in [2.05, 4.69) is 58.2 Å². The summed E-state index contributed by atoms with van der Waals surface area (Å²) in [5, 5.41) is 12.9. The molecule has 4 aromatic rings. The summed E-state index contributed by atoms with van der Waals surface area (Å²) in [4.78, 5) is 5.93. The van der Waals surface area contributed by atoms with Crippen LogP contribution >= 0.6 is 23.5 Å². The molecule has 5 rings (SSSR count). The molecule has 1 aliphatic rings. The van der Waals surface area contributed by atoms with Crippen LogP contribution in [0.4, 0.5) is 5.69 Å². The van der Waals surface area contributed by atoms with Gasteiger partial charge in [0.2, 0.25) is 11.0 Å². The first-order valence-corrected chi connectivity index (χ1v) is 12.1. The summed E-state index contributed by atoms with van der Waals surface area (Å²) in [6.45, 7) is 0. The van der Waals surface area contributed by atoms with E-state index in [4.69, 9.17) is 9.72 Å². The zero-order valence-electron chi connectivity index (χ0n) is 16.9. The van der Waals surface area contributed by atoms with Gasteiger partial charge in [0.25, 0.3) is 0 Å². The molecule has 1 N–H and O–H groups in total. The van der Waals surface area contributed by atoms with Crippen LogP contribution < -0.4 is 10.1 Å². The molecule has 1 aliphatic heterocycles. The Hall–Kier alpha value is -3.03. The van der Waals surface area contributed by atoms with Crippen molar-refractivity contribution in [2.24, 2.45) is 0 Å². The van der Waals surface area contributed by atoms with E-state index >= 15 is 0 Å². The van der Waals surface area contributed by atoms with Crippen molar-refractivity contribution in [1.29, 1.82) is 0 Å². The predicted octanol–water partition coefficient (Wildman–Crippen LogP) is 6.06. The predicted molar refractivity (Wildman–Crippen MR) is 126 cm³/mol. The lowest BCUT2D eigenvalue weighted by molar-refractivity contribution is 0.225. The topological polar surface area (TPSA) is 59.9 Å². The maximum Gasteiger partial charge on any atom is 0.247 e. The molecular weight excluding hydrogens is 424 g/mol. The van der Waals surface area contributed by atoms with Gasteiger partial charge in [-0.15, -0.1) is 22.0 Å². The Kier molecular flexibility index (Phi) is 5.78. The van der Waals surface area contributed by atoms with E-state index in [1.165, 1.54) is 10.5 Å². The van der Waals surface area contributed by atoms with Gasteiger partial charge in [0.05, 0.1) is 0 Å². The maximum absolute atomic E-state index is 6.35. The van der Waals surface area contributed by atoms with Crippen LogP contribution in [-0.2, 0) is 5.75 Å². The highest BCUT2D eigenvalue weighted by molar-refractivity contribution is 7.98. The van der Waals surface area contributed by atoms with Gasteiger partial charge in [0, 0.05) is 27.5 Å². The molecule has 5 nitrogen and oxygen atoms in total. The second-order valence-corrected chi connectivity index (χ2v) is 8.81. The van der Waals surface area contributed by atoms with Crippen molar-refractivity contribution in [3.63, 3.8) is 0 Å². The number of nitrogens with zero attached hydrogens (tertiary/aromatic N) is 3. The highest BCUT2D eigenvalue weighted by atomic mass is 32.2. The van der Waals surface area contributed by atoms with Crippen molar-refractivity contribution in [2.45, 2.75) is 22.0 Å². The van der Waals surface area contributed by atoms with Gasteiger partial charge in [-0.25, -0.2) is 0 Å². The quantitative estimate of drug-likeness (QED) is 0.376. The Bertz CT molecular complexity index is 1190. The van der Waals surface area contributed by atoms with Crippen LogP contribution in [-0.4, -0.2) is 21.4 Å². The molecule has 2 heterocycles. The monoisotopic (exact) mass is 444 g/mol. The molecule has 0 saturated carbocycles. The van der Waals surface area contributed by atoms with Crippen molar-refractivity contribution in [3.8, 4) is 17.1 Å². The van der Waals surface area contributed by atoms with Crippen LogP contribution in [0.3, 0.4) is 0 Å². The number of rotatable bonds is 5. The number of hydrogen-bond acceptors (Lipinski definition) is 7. The van der Waals surface area contributed by atoms with Gasteiger partial charge in [0.1, 0.15) is 0 Å². The summed E-state index contributed by atoms with van der Waals surface area (Å²) in [7, 11) is 0. The van der Waals surface area contributed by atoms with Crippen LogP contribution in [0.2, 0.25) is 0 Å². The molecule has 3 aromatic carbocycles. The summed E-state index contributed by atoms with van der Waals surface area (Å²) < 4.78 is 6.35. The molecule has 0 amide bonds. The molecule has 31 heavy (non-hydrogen) atoms. The Balaban J connectivity index is 1.48. The van der Waals surface area contributed by atoms with Crippen LogP contribution in [0.1, 0.15) is 17.4 Å². The molecule has 1 unspecified atom stereocenters. The minimum Gasteiger partial charge on any atom is -0.448 e. The van der Waals surface area contributed by atoms with E-state index in [9.17, 15) is 0 Å². The molecule has 0 fully saturated rings.